The molecule has 0 aliphatic rings. The van der Waals surface area contributed by atoms with Gasteiger partial charge in [0.25, 0.3) is 5.91 Å². The maximum Gasteiger partial charge on any atom is 0.258 e. The third kappa shape index (κ3) is 2.93. The van der Waals surface area contributed by atoms with Gasteiger partial charge < -0.3 is 10.6 Å². The summed E-state index contributed by atoms with van der Waals surface area (Å²) in [7, 11) is 1.60. The quantitative estimate of drug-likeness (QED) is 0.861. The summed E-state index contributed by atoms with van der Waals surface area (Å²) in [5, 5.41) is 0. The number of rotatable bonds is 2. The molecule has 2 aromatic carbocycles. The van der Waals surface area contributed by atoms with E-state index in [2.05, 4.69) is 15.9 Å². The standard InChI is InChI=1S/C14H12BrFN2O/c1-18(11-4-2-3-10(16)8-11)14(19)9-5-6-13(17)12(15)7-9/h2-8H,17H2,1H3. The molecule has 0 bridgehead atoms. The minimum Gasteiger partial charge on any atom is -0.398 e. The van der Waals surface area contributed by atoms with Crippen LogP contribution >= 0.6 is 15.9 Å². The highest BCUT2D eigenvalue weighted by molar-refractivity contribution is 9.10. The second kappa shape index (κ2) is 5.40. The second-order valence-electron chi connectivity index (χ2n) is 4.08. The van der Waals surface area contributed by atoms with Crippen LogP contribution in [-0.2, 0) is 0 Å². The Kier molecular flexibility index (Phi) is 3.85. The van der Waals surface area contributed by atoms with E-state index >= 15 is 0 Å². The third-order valence-electron chi connectivity index (χ3n) is 2.75. The average Bonchev–Trinajstić information content (AvgIpc) is 2.40. The molecule has 0 aliphatic carbocycles. The number of hydrogen-bond donors (Lipinski definition) is 1. The van der Waals surface area contributed by atoms with Crippen molar-refractivity contribution in [1.82, 2.24) is 0 Å². The van der Waals surface area contributed by atoms with E-state index in [0.29, 0.717) is 21.4 Å². The van der Waals surface area contributed by atoms with Gasteiger partial charge in [-0.25, -0.2) is 4.39 Å². The van der Waals surface area contributed by atoms with E-state index in [1.807, 2.05) is 0 Å². The zero-order valence-electron chi connectivity index (χ0n) is 10.2. The van der Waals surface area contributed by atoms with Crippen molar-refractivity contribution in [3.8, 4) is 0 Å². The maximum absolute atomic E-state index is 13.1. The van der Waals surface area contributed by atoms with Gasteiger partial charge >= 0.3 is 0 Å². The Bertz CT molecular complexity index is 631. The van der Waals surface area contributed by atoms with Crippen molar-refractivity contribution in [3.63, 3.8) is 0 Å². The lowest BCUT2D eigenvalue weighted by Gasteiger charge is -2.17. The molecule has 0 unspecified atom stereocenters. The molecule has 2 rings (SSSR count). The summed E-state index contributed by atoms with van der Waals surface area (Å²) in [4.78, 5) is 13.7. The summed E-state index contributed by atoms with van der Waals surface area (Å²) < 4.78 is 13.8. The number of nitrogens with zero attached hydrogens (tertiary/aromatic N) is 1. The van der Waals surface area contributed by atoms with Crippen molar-refractivity contribution >= 4 is 33.2 Å². The first-order valence-electron chi connectivity index (χ1n) is 5.57. The fourth-order valence-electron chi connectivity index (χ4n) is 1.66. The Morgan fingerprint density at radius 1 is 1.26 bits per heavy atom. The Balaban J connectivity index is 2.30. The third-order valence-corrected chi connectivity index (χ3v) is 3.43. The van der Waals surface area contributed by atoms with Crippen LogP contribution in [0.4, 0.5) is 15.8 Å². The number of halogens is 2. The topological polar surface area (TPSA) is 46.3 Å². The van der Waals surface area contributed by atoms with Crippen LogP contribution in [0.25, 0.3) is 0 Å². The van der Waals surface area contributed by atoms with E-state index in [1.54, 1.807) is 37.4 Å². The SMILES string of the molecule is CN(C(=O)c1ccc(N)c(Br)c1)c1cccc(F)c1. The molecule has 2 aromatic rings. The molecule has 0 fully saturated rings. The first-order valence-corrected chi connectivity index (χ1v) is 6.37. The predicted octanol–water partition coefficient (Wildman–Crippen LogP) is 3.45. The molecular weight excluding hydrogens is 311 g/mol. The summed E-state index contributed by atoms with van der Waals surface area (Å²) in [5.74, 6) is -0.609. The van der Waals surface area contributed by atoms with Gasteiger partial charge in [-0.15, -0.1) is 0 Å². The van der Waals surface area contributed by atoms with Crippen LogP contribution < -0.4 is 10.6 Å². The lowest BCUT2D eigenvalue weighted by atomic mass is 10.1. The maximum atomic E-state index is 13.1. The van der Waals surface area contributed by atoms with Crippen LogP contribution in [-0.4, -0.2) is 13.0 Å². The molecule has 0 heterocycles. The molecule has 2 N–H and O–H groups in total. The highest BCUT2D eigenvalue weighted by Gasteiger charge is 2.14. The number of benzene rings is 2. The first kappa shape index (κ1) is 13.5. The van der Waals surface area contributed by atoms with Crippen LogP contribution in [0.15, 0.2) is 46.9 Å². The highest BCUT2D eigenvalue weighted by atomic mass is 79.9. The number of carbonyl (C=O) groups is 1. The molecule has 0 aliphatic heterocycles. The Morgan fingerprint density at radius 3 is 2.63 bits per heavy atom. The summed E-state index contributed by atoms with van der Waals surface area (Å²) in [6, 6.07) is 10.8. The summed E-state index contributed by atoms with van der Waals surface area (Å²) in [6.45, 7) is 0. The van der Waals surface area contributed by atoms with E-state index in [9.17, 15) is 9.18 Å². The number of anilines is 2. The van der Waals surface area contributed by atoms with Gasteiger partial charge in [-0.05, 0) is 52.3 Å². The molecule has 5 heteroatoms. The first-order chi connectivity index (χ1) is 8.99. The Morgan fingerprint density at radius 2 is 2.00 bits per heavy atom. The van der Waals surface area contributed by atoms with Gasteiger partial charge in [0.05, 0.1) is 0 Å². The van der Waals surface area contributed by atoms with Gasteiger partial charge in [0, 0.05) is 28.5 Å². The van der Waals surface area contributed by atoms with Gasteiger partial charge in [0.15, 0.2) is 0 Å². The van der Waals surface area contributed by atoms with Crippen molar-refractivity contribution in [3.05, 3.63) is 58.3 Å². The van der Waals surface area contributed by atoms with Crippen LogP contribution in [0, 0.1) is 5.82 Å². The van der Waals surface area contributed by atoms with Crippen molar-refractivity contribution in [1.29, 1.82) is 0 Å². The van der Waals surface area contributed by atoms with Crippen LogP contribution in [0.3, 0.4) is 0 Å². The van der Waals surface area contributed by atoms with Gasteiger partial charge in [-0.3, -0.25) is 4.79 Å². The fourth-order valence-corrected chi connectivity index (χ4v) is 2.03. The van der Waals surface area contributed by atoms with E-state index in [0.717, 1.165) is 0 Å². The van der Waals surface area contributed by atoms with E-state index in [-0.39, 0.29) is 11.7 Å². The summed E-state index contributed by atoms with van der Waals surface area (Å²) in [5.41, 5.74) is 7.21. The van der Waals surface area contributed by atoms with Crippen molar-refractivity contribution < 1.29 is 9.18 Å². The van der Waals surface area contributed by atoms with E-state index in [4.69, 9.17) is 5.73 Å². The second-order valence-corrected chi connectivity index (χ2v) is 4.93. The van der Waals surface area contributed by atoms with Crippen LogP contribution in [0.1, 0.15) is 10.4 Å². The van der Waals surface area contributed by atoms with Gasteiger partial charge in [-0.2, -0.15) is 0 Å². The average molecular weight is 323 g/mol. The zero-order valence-corrected chi connectivity index (χ0v) is 11.8. The molecule has 1 amide bonds. The molecule has 0 saturated heterocycles. The van der Waals surface area contributed by atoms with E-state index < -0.39 is 0 Å². The number of hydrogen-bond acceptors (Lipinski definition) is 2. The highest BCUT2D eigenvalue weighted by Crippen LogP contribution is 2.23. The lowest BCUT2D eigenvalue weighted by molar-refractivity contribution is 0.0993. The number of nitrogens with two attached hydrogens (primary N) is 1. The number of nitrogen functional groups attached to an aromatic ring is 1. The molecular formula is C14H12BrFN2O. The molecule has 98 valence electrons. The van der Waals surface area contributed by atoms with Crippen molar-refractivity contribution in [2.45, 2.75) is 0 Å². The van der Waals surface area contributed by atoms with Crippen LogP contribution in [0.2, 0.25) is 0 Å². The molecule has 0 spiro atoms. The fraction of sp³-hybridized carbons (Fsp3) is 0.0714. The number of amides is 1. The van der Waals surface area contributed by atoms with Gasteiger partial charge in [-0.1, -0.05) is 6.07 Å². The minimum atomic E-state index is -0.379. The molecule has 0 radical (unpaired) electrons. The van der Waals surface area contributed by atoms with E-state index in [1.165, 1.54) is 17.0 Å². The molecule has 0 saturated carbocycles. The van der Waals surface area contributed by atoms with Gasteiger partial charge in [0.2, 0.25) is 0 Å². The number of carbonyl (C=O) groups excluding carboxylic acids is 1. The van der Waals surface area contributed by atoms with Crippen molar-refractivity contribution in [2.24, 2.45) is 0 Å². The molecule has 0 atom stereocenters. The molecule has 19 heavy (non-hydrogen) atoms. The monoisotopic (exact) mass is 322 g/mol. The smallest absolute Gasteiger partial charge is 0.258 e. The zero-order chi connectivity index (χ0) is 14.0. The predicted molar refractivity (Wildman–Crippen MR) is 77.7 cm³/mol. The van der Waals surface area contributed by atoms with Gasteiger partial charge in [0.1, 0.15) is 5.82 Å². The Hall–Kier alpha value is -1.88. The minimum absolute atomic E-state index is 0.230. The summed E-state index contributed by atoms with van der Waals surface area (Å²) >= 11 is 3.28. The summed E-state index contributed by atoms with van der Waals surface area (Å²) in [6.07, 6.45) is 0. The molecule has 3 nitrogen and oxygen atoms in total. The lowest BCUT2D eigenvalue weighted by Crippen LogP contribution is -2.26. The normalized spacial score (nSPS) is 10.3. The Labute approximate surface area is 119 Å². The van der Waals surface area contributed by atoms with Crippen molar-refractivity contribution in [2.75, 3.05) is 17.7 Å². The molecule has 0 aromatic heterocycles. The van der Waals surface area contributed by atoms with Crippen LogP contribution in [0.5, 0.6) is 0 Å². The largest absolute Gasteiger partial charge is 0.398 e.